The molecule has 0 spiro atoms. The average molecular weight is 274 g/mol. The standard InChI is InChI=1S/C11H7ClN2O2.K/c1-5-8-10(14-16-5)9-6(12)3-2-4-7(9)13-11(8)15;/h2-4H,1H3,(H,13,15);. The Bertz CT molecular complexity index is 763. The molecule has 0 saturated heterocycles. The van der Waals surface area contributed by atoms with Crippen molar-refractivity contribution >= 4 is 84.8 Å². The molecule has 0 fully saturated rings. The zero-order chi connectivity index (χ0) is 11.3. The molecule has 0 amide bonds. The Morgan fingerprint density at radius 1 is 1.35 bits per heavy atom. The molecule has 2 aromatic heterocycles. The SMILES string of the molecule is Cc1onc2c1c(=O)[nH]c1cccc(Cl)c12.[K]. The van der Waals surface area contributed by atoms with Crippen LogP contribution in [0.25, 0.3) is 21.8 Å². The van der Waals surface area contributed by atoms with Crippen LogP contribution >= 0.6 is 11.6 Å². The van der Waals surface area contributed by atoms with Gasteiger partial charge in [0, 0.05) is 56.8 Å². The number of nitrogens with zero attached hydrogens (tertiary/aromatic N) is 1. The van der Waals surface area contributed by atoms with E-state index in [0.717, 1.165) is 5.39 Å². The fourth-order valence-corrected chi connectivity index (χ4v) is 2.13. The molecule has 4 nitrogen and oxygen atoms in total. The van der Waals surface area contributed by atoms with Crippen LogP contribution in [0.15, 0.2) is 27.5 Å². The molecule has 0 aliphatic heterocycles. The number of hydrogen-bond donors (Lipinski definition) is 1. The number of fused-ring (bicyclic) bond motifs is 3. The zero-order valence-electron chi connectivity index (χ0n) is 9.37. The Labute approximate surface area is 144 Å². The van der Waals surface area contributed by atoms with Crippen molar-refractivity contribution in [1.82, 2.24) is 10.1 Å². The third-order valence-corrected chi connectivity index (χ3v) is 2.90. The van der Waals surface area contributed by atoms with Gasteiger partial charge in [0.2, 0.25) is 0 Å². The van der Waals surface area contributed by atoms with Crippen LogP contribution < -0.4 is 5.56 Å². The van der Waals surface area contributed by atoms with E-state index in [2.05, 4.69) is 10.1 Å². The topological polar surface area (TPSA) is 58.9 Å². The molecule has 0 aliphatic carbocycles. The minimum absolute atomic E-state index is 0. The van der Waals surface area contributed by atoms with Crippen LogP contribution in [0.3, 0.4) is 0 Å². The fourth-order valence-electron chi connectivity index (χ4n) is 1.86. The molecule has 17 heavy (non-hydrogen) atoms. The van der Waals surface area contributed by atoms with Gasteiger partial charge >= 0.3 is 0 Å². The molecule has 6 heteroatoms. The normalized spacial score (nSPS) is 10.7. The largest absolute Gasteiger partial charge is 0.360 e. The molecule has 2 heterocycles. The molecule has 3 rings (SSSR count). The van der Waals surface area contributed by atoms with Gasteiger partial charge in [-0.2, -0.15) is 0 Å². The van der Waals surface area contributed by atoms with E-state index in [1.165, 1.54) is 0 Å². The molecule has 0 saturated carbocycles. The second-order valence-corrected chi connectivity index (χ2v) is 3.99. The molecular weight excluding hydrogens is 267 g/mol. The van der Waals surface area contributed by atoms with E-state index in [9.17, 15) is 4.79 Å². The first kappa shape index (κ1) is 13.3. The number of aryl methyl sites for hydroxylation is 1. The maximum Gasteiger partial charge on any atom is 0.261 e. The van der Waals surface area contributed by atoms with Gasteiger partial charge in [-0.05, 0) is 19.1 Å². The van der Waals surface area contributed by atoms with Crippen LogP contribution in [0.2, 0.25) is 5.02 Å². The summed E-state index contributed by atoms with van der Waals surface area (Å²) in [5.41, 5.74) is 0.976. The fraction of sp³-hybridized carbons (Fsp3) is 0.0909. The molecule has 81 valence electrons. The van der Waals surface area contributed by atoms with Crippen molar-refractivity contribution in [3.05, 3.63) is 39.3 Å². The summed E-state index contributed by atoms with van der Waals surface area (Å²) in [5, 5.41) is 5.61. The Balaban J connectivity index is 0.00000108. The second kappa shape index (κ2) is 4.83. The average Bonchev–Trinajstić information content (AvgIpc) is 2.61. The van der Waals surface area contributed by atoms with Crippen LogP contribution in [0.1, 0.15) is 5.76 Å². The van der Waals surface area contributed by atoms with Gasteiger partial charge in [0.05, 0.1) is 10.5 Å². The van der Waals surface area contributed by atoms with Crippen LogP contribution in [-0.4, -0.2) is 61.5 Å². The van der Waals surface area contributed by atoms with Gasteiger partial charge in [0.15, 0.2) is 0 Å². The van der Waals surface area contributed by atoms with Crippen molar-refractivity contribution in [2.45, 2.75) is 6.92 Å². The van der Waals surface area contributed by atoms with E-state index in [4.69, 9.17) is 16.1 Å². The van der Waals surface area contributed by atoms with Crippen LogP contribution in [0.4, 0.5) is 0 Å². The smallest absolute Gasteiger partial charge is 0.261 e. The van der Waals surface area contributed by atoms with Crippen molar-refractivity contribution in [1.29, 1.82) is 0 Å². The predicted molar refractivity (Wildman–Crippen MR) is 67.6 cm³/mol. The molecule has 0 unspecified atom stereocenters. The molecule has 3 aromatic rings. The summed E-state index contributed by atoms with van der Waals surface area (Å²) in [6.07, 6.45) is 0. The van der Waals surface area contributed by atoms with Crippen LogP contribution in [0, 0.1) is 6.92 Å². The second-order valence-electron chi connectivity index (χ2n) is 3.58. The minimum atomic E-state index is -0.205. The summed E-state index contributed by atoms with van der Waals surface area (Å²) >= 11 is 6.09. The Morgan fingerprint density at radius 3 is 2.88 bits per heavy atom. The van der Waals surface area contributed by atoms with Gasteiger partial charge in [-0.15, -0.1) is 0 Å². The van der Waals surface area contributed by atoms with Gasteiger partial charge in [0.25, 0.3) is 5.56 Å². The number of H-pyrrole nitrogens is 1. The maximum atomic E-state index is 11.8. The van der Waals surface area contributed by atoms with Crippen molar-refractivity contribution in [3.63, 3.8) is 0 Å². The van der Waals surface area contributed by atoms with Gasteiger partial charge in [-0.3, -0.25) is 4.79 Å². The number of aromatic nitrogens is 2. The zero-order valence-corrected chi connectivity index (χ0v) is 13.3. The number of pyridine rings is 1. The number of rotatable bonds is 0. The van der Waals surface area contributed by atoms with Crippen LogP contribution in [0.5, 0.6) is 0 Å². The number of aromatic amines is 1. The van der Waals surface area contributed by atoms with Gasteiger partial charge in [-0.25, -0.2) is 0 Å². The van der Waals surface area contributed by atoms with E-state index in [1.54, 1.807) is 25.1 Å². The molecule has 1 radical (unpaired) electrons. The quantitative estimate of drug-likeness (QED) is 0.639. The molecular formula is C11H7ClKN2O2. The Hall–Kier alpha value is -0.174. The molecule has 0 atom stereocenters. The van der Waals surface area contributed by atoms with Gasteiger partial charge < -0.3 is 9.51 Å². The summed E-state index contributed by atoms with van der Waals surface area (Å²) in [6, 6.07) is 5.32. The number of nitrogens with one attached hydrogen (secondary N) is 1. The first-order valence-corrected chi connectivity index (χ1v) is 5.13. The first-order chi connectivity index (χ1) is 7.68. The summed E-state index contributed by atoms with van der Waals surface area (Å²) in [6.45, 7) is 1.70. The maximum absolute atomic E-state index is 11.8. The van der Waals surface area contributed by atoms with E-state index in [0.29, 0.717) is 27.2 Å². The number of halogens is 1. The van der Waals surface area contributed by atoms with Crippen molar-refractivity contribution in [2.75, 3.05) is 0 Å². The van der Waals surface area contributed by atoms with E-state index >= 15 is 0 Å². The monoisotopic (exact) mass is 273 g/mol. The summed E-state index contributed by atoms with van der Waals surface area (Å²) in [5.74, 6) is 0.498. The number of benzene rings is 1. The van der Waals surface area contributed by atoms with Crippen molar-refractivity contribution in [3.8, 4) is 0 Å². The van der Waals surface area contributed by atoms with E-state index < -0.39 is 0 Å². The summed E-state index contributed by atoms with van der Waals surface area (Å²) in [7, 11) is 0. The summed E-state index contributed by atoms with van der Waals surface area (Å²) < 4.78 is 5.03. The van der Waals surface area contributed by atoms with Gasteiger partial charge in [-0.1, -0.05) is 22.8 Å². The van der Waals surface area contributed by atoms with Crippen molar-refractivity contribution in [2.24, 2.45) is 0 Å². The third-order valence-electron chi connectivity index (χ3n) is 2.59. The predicted octanol–water partition coefficient (Wildman–Crippen LogP) is 2.25. The van der Waals surface area contributed by atoms with E-state index in [-0.39, 0.29) is 56.9 Å². The Morgan fingerprint density at radius 2 is 2.12 bits per heavy atom. The molecule has 0 aliphatic rings. The number of hydrogen-bond acceptors (Lipinski definition) is 3. The molecule has 1 aromatic carbocycles. The molecule has 1 N–H and O–H groups in total. The van der Waals surface area contributed by atoms with Gasteiger partial charge in [0.1, 0.15) is 16.7 Å². The van der Waals surface area contributed by atoms with Crippen LogP contribution in [-0.2, 0) is 0 Å². The first-order valence-electron chi connectivity index (χ1n) is 4.75. The molecule has 0 bridgehead atoms. The minimum Gasteiger partial charge on any atom is -0.360 e. The van der Waals surface area contributed by atoms with Crippen molar-refractivity contribution < 1.29 is 4.52 Å². The van der Waals surface area contributed by atoms with E-state index in [1.807, 2.05) is 0 Å². The summed E-state index contributed by atoms with van der Waals surface area (Å²) in [4.78, 5) is 14.5. The third kappa shape index (κ3) is 2.01. The Kier molecular flexibility index (Phi) is 3.77.